The number of nitrogens with zero attached hydrogens (tertiary/aromatic N) is 2. The number of anilines is 1. The predicted octanol–water partition coefficient (Wildman–Crippen LogP) is 4.22. The molecule has 0 amide bonds. The first-order valence-electron chi connectivity index (χ1n) is 7.40. The van der Waals surface area contributed by atoms with E-state index in [4.69, 9.17) is 15.2 Å². The van der Waals surface area contributed by atoms with Gasteiger partial charge in [0.15, 0.2) is 0 Å². The number of methoxy groups -OCH3 is 1. The van der Waals surface area contributed by atoms with Crippen LogP contribution in [-0.4, -0.2) is 17.1 Å². The van der Waals surface area contributed by atoms with Crippen LogP contribution in [-0.2, 0) is 6.61 Å². The highest BCUT2D eigenvalue weighted by Crippen LogP contribution is 2.28. The molecule has 3 aromatic rings. The van der Waals surface area contributed by atoms with Crippen molar-refractivity contribution < 1.29 is 13.9 Å². The second-order valence-corrected chi connectivity index (χ2v) is 6.14. The van der Waals surface area contributed by atoms with E-state index >= 15 is 0 Å². The summed E-state index contributed by atoms with van der Waals surface area (Å²) in [5.74, 6) is 0.109. The van der Waals surface area contributed by atoms with Crippen molar-refractivity contribution in [1.82, 2.24) is 9.97 Å². The Bertz CT molecular complexity index is 905. The fraction of sp³-hybridized carbons (Fsp3) is 0.111. The summed E-state index contributed by atoms with van der Waals surface area (Å²) >= 11 is 3.41. The summed E-state index contributed by atoms with van der Waals surface area (Å²) in [4.78, 5) is 8.28. The van der Waals surface area contributed by atoms with Crippen molar-refractivity contribution in [3.8, 4) is 23.0 Å². The molecule has 0 fully saturated rings. The van der Waals surface area contributed by atoms with E-state index in [1.165, 1.54) is 25.4 Å². The third-order valence-corrected chi connectivity index (χ3v) is 3.94. The van der Waals surface area contributed by atoms with Crippen molar-refractivity contribution in [3.63, 3.8) is 0 Å². The topological polar surface area (TPSA) is 70.3 Å². The predicted molar refractivity (Wildman–Crippen MR) is 96.9 cm³/mol. The summed E-state index contributed by atoms with van der Waals surface area (Å²) < 4.78 is 25.8. The summed E-state index contributed by atoms with van der Waals surface area (Å²) in [6.07, 6.45) is 1.46. The number of nitrogens with two attached hydrogens (primary N) is 1. The van der Waals surface area contributed by atoms with Crippen LogP contribution in [0.3, 0.4) is 0 Å². The Hall–Kier alpha value is -2.67. The molecular formula is C18H15BrFN3O2. The normalized spacial score (nSPS) is 10.5. The molecule has 25 heavy (non-hydrogen) atoms. The van der Waals surface area contributed by atoms with Gasteiger partial charge < -0.3 is 15.2 Å². The molecule has 3 rings (SSSR count). The van der Waals surface area contributed by atoms with Gasteiger partial charge in [-0.3, -0.25) is 0 Å². The highest BCUT2D eigenvalue weighted by molar-refractivity contribution is 9.10. The Kier molecular flexibility index (Phi) is 5.14. The molecule has 0 unspecified atom stereocenters. The molecular weight excluding hydrogens is 389 g/mol. The number of halogens is 2. The van der Waals surface area contributed by atoms with Gasteiger partial charge in [0.2, 0.25) is 11.8 Å². The van der Waals surface area contributed by atoms with Gasteiger partial charge in [0.05, 0.1) is 12.8 Å². The maximum Gasteiger partial charge on any atom is 0.236 e. The van der Waals surface area contributed by atoms with Crippen molar-refractivity contribution in [2.24, 2.45) is 0 Å². The molecule has 0 radical (unpaired) electrons. The molecule has 0 atom stereocenters. The van der Waals surface area contributed by atoms with Crippen LogP contribution in [0.2, 0.25) is 0 Å². The molecule has 2 aromatic heterocycles. The minimum Gasteiger partial charge on any atom is -0.480 e. The minimum absolute atomic E-state index is 0.119. The first-order valence-corrected chi connectivity index (χ1v) is 8.20. The van der Waals surface area contributed by atoms with Crippen LogP contribution in [0, 0.1) is 5.82 Å². The number of hydrogen-bond acceptors (Lipinski definition) is 5. The molecule has 0 bridgehead atoms. The number of rotatable bonds is 5. The van der Waals surface area contributed by atoms with E-state index in [9.17, 15) is 4.39 Å². The van der Waals surface area contributed by atoms with Gasteiger partial charge in [-0.15, -0.1) is 0 Å². The summed E-state index contributed by atoms with van der Waals surface area (Å²) in [5, 5.41) is 0. The van der Waals surface area contributed by atoms with Crippen molar-refractivity contribution in [1.29, 1.82) is 0 Å². The van der Waals surface area contributed by atoms with Crippen LogP contribution < -0.4 is 15.2 Å². The molecule has 0 aliphatic carbocycles. The molecule has 5 nitrogen and oxygen atoms in total. The Labute approximate surface area is 152 Å². The van der Waals surface area contributed by atoms with Gasteiger partial charge >= 0.3 is 0 Å². The van der Waals surface area contributed by atoms with Gasteiger partial charge in [0, 0.05) is 22.3 Å². The van der Waals surface area contributed by atoms with E-state index in [2.05, 4.69) is 25.9 Å². The molecule has 2 N–H and O–H groups in total. The van der Waals surface area contributed by atoms with E-state index in [0.717, 1.165) is 10.0 Å². The second-order valence-electron chi connectivity index (χ2n) is 5.22. The zero-order valence-electron chi connectivity index (χ0n) is 13.4. The number of hydrogen-bond donors (Lipinski definition) is 1. The summed E-state index contributed by atoms with van der Waals surface area (Å²) in [6, 6.07) is 12.1. The summed E-state index contributed by atoms with van der Waals surface area (Å²) in [7, 11) is 1.47. The van der Waals surface area contributed by atoms with Crippen molar-refractivity contribution >= 4 is 21.6 Å². The van der Waals surface area contributed by atoms with Crippen molar-refractivity contribution in [2.45, 2.75) is 6.61 Å². The van der Waals surface area contributed by atoms with E-state index in [0.29, 0.717) is 23.7 Å². The van der Waals surface area contributed by atoms with E-state index in [1.807, 2.05) is 24.3 Å². The Morgan fingerprint density at radius 1 is 1.20 bits per heavy atom. The molecule has 128 valence electrons. The lowest BCUT2D eigenvalue weighted by Gasteiger charge is -2.10. The molecule has 0 spiro atoms. The van der Waals surface area contributed by atoms with Crippen LogP contribution in [0.15, 0.2) is 53.1 Å². The fourth-order valence-electron chi connectivity index (χ4n) is 2.26. The standard InChI is InChI=1S/C18H15BrFN3O2/c1-24-18-15(21)8-12(9-22-18)17-14(20)5-6-16(23-17)25-10-11-3-2-4-13(19)7-11/h2-9H,10,21H2,1H3. The van der Waals surface area contributed by atoms with Gasteiger partial charge in [0.25, 0.3) is 0 Å². The lowest BCUT2D eigenvalue weighted by Crippen LogP contribution is -2.01. The molecule has 1 aromatic carbocycles. The minimum atomic E-state index is -0.485. The Balaban J connectivity index is 1.84. The lowest BCUT2D eigenvalue weighted by molar-refractivity contribution is 0.293. The lowest BCUT2D eigenvalue weighted by atomic mass is 10.1. The van der Waals surface area contributed by atoms with Crippen LogP contribution in [0.25, 0.3) is 11.3 Å². The highest BCUT2D eigenvalue weighted by Gasteiger charge is 2.12. The SMILES string of the molecule is COc1ncc(-c2nc(OCc3cccc(Br)c3)ccc2F)cc1N. The number of ether oxygens (including phenoxy) is 2. The smallest absolute Gasteiger partial charge is 0.236 e. The third-order valence-electron chi connectivity index (χ3n) is 3.44. The molecule has 2 heterocycles. The Morgan fingerprint density at radius 2 is 2.04 bits per heavy atom. The first kappa shape index (κ1) is 17.2. The first-order chi connectivity index (χ1) is 12.1. The van der Waals surface area contributed by atoms with Crippen LogP contribution in [0.1, 0.15) is 5.56 Å². The molecule has 0 aliphatic heterocycles. The quantitative estimate of drug-likeness (QED) is 0.690. The van der Waals surface area contributed by atoms with Crippen molar-refractivity contribution in [2.75, 3.05) is 12.8 Å². The zero-order chi connectivity index (χ0) is 17.8. The van der Waals surface area contributed by atoms with Crippen molar-refractivity contribution in [3.05, 3.63) is 64.5 Å². The number of aromatic nitrogens is 2. The second kappa shape index (κ2) is 7.48. The zero-order valence-corrected chi connectivity index (χ0v) is 15.0. The summed E-state index contributed by atoms with van der Waals surface area (Å²) in [6.45, 7) is 0.320. The fourth-order valence-corrected chi connectivity index (χ4v) is 2.71. The van der Waals surface area contributed by atoms with Crippen LogP contribution in [0.5, 0.6) is 11.8 Å². The average molecular weight is 404 g/mol. The van der Waals surface area contributed by atoms with Gasteiger partial charge in [-0.1, -0.05) is 28.1 Å². The van der Waals surface area contributed by atoms with Gasteiger partial charge in [0.1, 0.15) is 18.1 Å². The van der Waals surface area contributed by atoms with E-state index in [1.54, 1.807) is 6.07 Å². The molecule has 0 saturated heterocycles. The van der Waals surface area contributed by atoms with E-state index < -0.39 is 5.82 Å². The third kappa shape index (κ3) is 4.06. The van der Waals surface area contributed by atoms with Crippen LogP contribution >= 0.6 is 15.9 Å². The molecule has 0 saturated carbocycles. The van der Waals surface area contributed by atoms with Crippen LogP contribution in [0.4, 0.5) is 10.1 Å². The highest BCUT2D eigenvalue weighted by atomic mass is 79.9. The largest absolute Gasteiger partial charge is 0.480 e. The Morgan fingerprint density at radius 3 is 2.76 bits per heavy atom. The summed E-state index contributed by atoms with van der Waals surface area (Å²) in [5.41, 5.74) is 7.68. The van der Waals surface area contributed by atoms with Gasteiger partial charge in [-0.25, -0.2) is 14.4 Å². The maximum absolute atomic E-state index is 14.2. The molecule has 7 heteroatoms. The monoisotopic (exact) mass is 403 g/mol. The average Bonchev–Trinajstić information content (AvgIpc) is 2.61. The number of benzene rings is 1. The maximum atomic E-state index is 14.2. The van der Waals surface area contributed by atoms with Gasteiger partial charge in [-0.2, -0.15) is 0 Å². The number of nitrogen functional groups attached to an aromatic ring is 1. The number of pyridine rings is 2. The van der Waals surface area contributed by atoms with Gasteiger partial charge in [-0.05, 0) is 29.8 Å². The molecule has 0 aliphatic rings. The van der Waals surface area contributed by atoms with E-state index in [-0.39, 0.29) is 11.6 Å².